The van der Waals surface area contributed by atoms with E-state index >= 15 is 0 Å². The van der Waals surface area contributed by atoms with Gasteiger partial charge in [-0.25, -0.2) is 4.79 Å². The molecule has 0 amide bonds. The van der Waals surface area contributed by atoms with Gasteiger partial charge in [-0.15, -0.1) is 22.7 Å². The lowest BCUT2D eigenvalue weighted by molar-refractivity contribution is 0.0507. The van der Waals surface area contributed by atoms with E-state index in [1.165, 1.54) is 16.2 Å². The lowest BCUT2D eigenvalue weighted by atomic mass is 10.0. The SMILES string of the molecule is O=C(OCCc1cccs1)c1ccccc1C(=O)c1cccs1. The normalized spacial score (nSPS) is 10.4. The summed E-state index contributed by atoms with van der Waals surface area (Å²) in [6.07, 6.45) is 0.685. The average molecular weight is 342 g/mol. The predicted octanol–water partition coefficient (Wildman–Crippen LogP) is 4.44. The first-order valence-corrected chi connectivity index (χ1v) is 8.88. The predicted molar refractivity (Wildman–Crippen MR) is 92.5 cm³/mol. The number of ether oxygens (including phenoxy) is 1. The molecule has 3 aromatic rings. The Balaban J connectivity index is 1.72. The van der Waals surface area contributed by atoms with E-state index in [-0.39, 0.29) is 5.78 Å². The van der Waals surface area contributed by atoms with E-state index in [1.54, 1.807) is 41.7 Å². The molecule has 0 fully saturated rings. The lowest BCUT2D eigenvalue weighted by Crippen LogP contribution is -2.13. The van der Waals surface area contributed by atoms with Gasteiger partial charge in [0.05, 0.1) is 17.0 Å². The summed E-state index contributed by atoms with van der Waals surface area (Å²) in [5, 5.41) is 3.83. The minimum absolute atomic E-state index is 0.147. The van der Waals surface area contributed by atoms with Crippen molar-refractivity contribution >= 4 is 34.4 Å². The number of thiophene rings is 2. The van der Waals surface area contributed by atoms with Gasteiger partial charge in [0.1, 0.15) is 0 Å². The molecular weight excluding hydrogens is 328 g/mol. The number of ketones is 1. The van der Waals surface area contributed by atoms with Crippen LogP contribution in [0, 0.1) is 0 Å². The monoisotopic (exact) mass is 342 g/mol. The standard InChI is InChI=1S/C18H14O3S2/c19-17(16-8-4-12-23-16)14-6-1-2-7-15(14)18(20)21-10-9-13-5-3-11-22-13/h1-8,11-12H,9-10H2. The van der Waals surface area contributed by atoms with Gasteiger partial charge in [0, 0.05) is 16.9 Å². The summed E-state index contributed by atoms with van der Waals surface area (Å²) in [7, 11) is 0. The highest BCUT2D eigenvalue weighted by atomic mass is 32.1. The molecule has 0 N–H and O–H groups in total. The molecule has 3 rings (SSSR count). The Hall–Kier alpha value is -2.24. The Morgan fingerprint density at radius 2 is 1.61 bits per heavy atom. The van der Waals surface area contributed by atoms with E-state index in [0.29, 0.717) is 29.0 Å². The molecule has 0 atom stereocenters. The van der Waals surface area contributed by atoms with Crippen molar-refractivity contribution < 1.29 is 14.3 Å². The number of hydrogen-bond acceptors (Lipinski definition) is 5. The smallest absolute Gasteiger partial charge is 0.338 e. The summed E-state index contributed by atoms with van der Waals surface area (Å²) in [4.78, 5) is 26.6. The van der Waals surface area contributed by atoms with Gasteiger partial charge < -0.3 is 4.74 Å². The van der Waals surface area contributed by atoms with Crippen LogP contribution in [0.2, 0.25) is 0 Å². The van der Waals surface area contributed by atoms with Crippen LogP contribution in [0.15, 0.2) is 59.3 Å². The van der Waals surface area contributed by atoms with Gasteiger partial charge in [0.15, 0.2) is 0 Å². The number of hydrogen-bond donors (Lipinski definition) is 0. The molecule has 0 aliphatic carbocycles. The van der Waals surface area contributed by atoms with Crippen molar-refractivity contribution in [2.75, 3.05) is 6.61 Å². The maximum Gasteiger partial charge on any atom is 0.338 e. The van der Waals surface area contributed by atoms with Gasteiger partial charge in [-0.2, -0.15) is 0 Å². The van der Waals surface area contributed by atoms with Crippen LogP contribution in [-0.2, 0) is 11.2 Å². The Kier molecular flexibility index (Phi) is 5.00. The second-order valence-corrected chi connectivity index (χ2v) is 6.80. The largest absolute Gasteiger partial charge is 0.462 e. The van der Waals surface area contributed by atoms with E-state index in [9.17, 15) is 9.59 Å². The van der Waals surface area contributed by atoms with E-state index < -0.39 is 5.97 Å². The van der Waals surface area contributed by atoms with Crippen molar-refractivity contribution in [2.24, 2.45) is 0 Å². The number of carbonyl (C=O) groups excluding carboxylic acids is 2. The van der Waals surface area contributed by atoms with Crippen molar-refractivity contribution in [2.45, 2.75) is 6.42 Å². The highest BCUT2D eigenvalue weighted by Gasteiger charge is 2.19. The number of esters is 1. The first-order valence-electron chi connectivity index (χ1n) is 7.12. The van der Waals surface area contributed by atoms with Crippen LogP contribution in [0.1, 0.15) is 30.5 Å². The van der Waals surface area contributed by atoms with Crippen molar-refractivity contribution in [3.63, 3.8) is 0 Å². The van der Waals surface area contributed by atoms with Crippen LogP contribution < -0.4 is 0 Å². The molecule has 2 aromatic heterocycles. The zero-order chi connectivity index (χ0) is 16.1. The van der Waals surface area contributed by atoms with Crippen LogP contribution in [0.3, 0.4) is 0 Å². The summed E-state index contributed by atoms with van der Waals surface area (Å²) in [6, 6.07) is 14.3. The van der Waals surface area contributed by atoms with Crippen LogP contribution in [0.5, 0.6) is 0 Å². The summed E-state index contributed by atoms with van der Waals surface area (Å²) in [5.41, 5.74) is 0.702. The molecule has 0 unspecified atom stereocenters. The molecule has 2 heterocycles. The van der Waals surface area contributed by atoms with Crippen LogP contribution >= 0.6 is 22.7 Å². The highest BCUT2D eigenvalue weighted by Crippen LogP contribution is 2.19. The number of carbonyl (C=O) groups is 2. The summed E-state index contributed by atoms with van der Waals surface area (Å²) in [5.74, 6) is -0.604. The third-order valence-corrected chi connectivity index (χ3v) is 5.10. The fourth-order valence-electron chi connectivity index (χ4n) is 2.18. The molecule has 0 aliphatic heterocycles. The zero-order valence-electron chi connectivity index (χ0n) is 12.2. The fourth-order valence-corrected chi connectivity index (χ4v) is 3.54. The van der Waals surface area contributed by atoms with Gasteiger partial charge >= 0.3 is 5.97 Å². The van der Waals surface area contributed by atoms with Crippen molar-refractivity contribution in [1.29, 1.82) is 0 Å². The second kappa shape index (κ2) is 7.35. The summed E-state index contributed by atoms with van der Waals surface area (Å²) in [6.45, 7) is 0.306. The first kappa shape index (κ1) is 15.6. The third-order valence-electron chi connectivity index (χ3n) is 3.30. The minimum atomic E-state index is -0.456. The molecule has 0 spiro atoms. The molecule has 116 valence electrons. The molecule has 3 nitrogen and oxygen atoms in total. The van der Waals surface area contributed by atoms with Crippen molar-refractivity contribution in [3.8, 4) is 0 Å². The Morgan fingerprint density at radius 3 is 2.30 bits per heavy atom. The molecular formula is C18H14O3S2. The van der Waals surface area contributed by atoms with Gasteiger partial charge in [-0.05, 0) is 29.0 Å². The maximum absolute atomic E-state index is 12.5. The van der Waals surface area contributed by atoms with Gasteiger partial charge in [0.2, 0.25) is 5.78 Å². The molecule has 0 saturated carbocycles. The Bertz CT molecular complexity index is 790. The maximum atomic E-state index is 12.5. The Morgan fingerprint density at radius 1 is 0.870 bits per heavy atom. The van der Waals surface area contributed by atoms with Crippen LogP contribution in [-0.4, -0.2) is 18.4 Å². The zero-order valence-corrected chi connectivity index (χ0v) is 13.9. The molecule has 0 radical (unpaired) electrons. The molecule has 0 aliphatic rings. The average Bonchev–Trinajstić information content (AvgIpc) is 3.27. The Labute approximate surface area is 142 Å². The van der Waals surface area contributed by atoms with E-state index in [2.05, 4.69) is 0 Å². The van der Waals surface area contributed by atoms with Gasteiger partial charge in [0.25, 0.3) is 0 Å². The highest BCUT2D eigenvalue weighted by molar-refractivity contribution is 7.12. The fraction of sp³-hybridized carbons (Fsp3) is 0.111. The molecule has 5 heteroatoms. The molecule has 0 saturated heterocycles. The van der Waals surface area contributed by atoms with E-state index in [4.69, 9.17) is 4.74 Å². The number of benzene rings is 1. The minimum Gasteiger partial charge on any atom is -0.462 e. The van der Waals surface area contributed by atoms with E-state index in [1.807, 2.05) is 29.0 Å². The molecule has 0 bridgehead atoms. The third kappa shape index (κ3) is 3.75. The van der Waals surface area contributed by atoms with Gasteiger partial charge in [-0.3, -0.25) is 4.79 Å². The quantitative estimate of drug-likeness (QED) is 0.491. The second-order valence-electron chi connectivity index (χ2n) is 4.82. The molecule has 1 aromatic carbocycles. The number of rotatable bonds is 6. The van der Waals surface area contributed by atoms with Crippen molar-refractivity contribution in [1.82, 2.24) is 0 Å². The first-order chi connectivity index (χ1) is 11.3. The lowest BCUT2D eigenvalue weighted by Gasteiger charge is -2.08. The molecule has 23 heavy (non-hydrogen) atoms. The topological polar surface area (TPSA) is 43.4 Å². The van der Waals surface area contributed by atoms with Crippen LogP contribution in [0.4, 0.5) is 0 Å². The van der Waals surface area contributed by atoms with Crippen molar-refractivity contribution in [3.05, 3.63) is 80.2 Å². The van der Waals surface area contributed by atoms with Gasteiger partial charge in [-0.1, -0.05) is 30.3 Å². The van der Waals surface area contributed by atoms with E-state index in [0.717, 1.165) is 0 Å². The summed E-state index contributed by atoms with van der Waals surface area (Å²) < 4.78 is 5.33. The summed E-state index contributed by atoms with van der Waals surface area (Å²) >= 11 is 2.99. The van der Waals surface area contributed by atoms with Crippen LogP contribution in [0.25, 0.3) is 0 Å².